The molecule has 0 radical (unpaired) electrons. The Morgan fingerprint density at radius 2 is 2.15 bits per heavy atom. The van der Waals surface area contributed by atoms with Gasteiger partial charge in [0.2, 0.25) is 0 Å². The molecule has 20 heavy (non-hydrogen) atoms. The zero-order valence-corrected chi connectivity index (χ0v) is 11.3. The number of aliphatic hydroxyl groups excluding tert-OH is 2. The van der Waals surface area contributed by atoms with Crippen molar-refractivity contribution >= 4 is 5.78 Å². The Bertz CT molecular complexity index is 539. The van der Waals surface area contributed by atoms with Gasteiger partial charge in [-0.2, -0.15) is 0 Å². The molecule has 0 aliphatic heterocycles. The quantitative estimate of drug-likeness (QED) is 0.644. The topological polar surface area (TPSA) is 107 Å². The summed E-state index contributed by atoms with van der Waals surface area (Å²) in [6.07, 6.45) is -2.75. The van der Waals surface area contributed by atoms with Gasteiger partial charge in [-0.1, -0.05) is 0 Å². The van der Waals surface area contributed by atoms with Gasteiger partial charge in [0, 0.05) is 24.5 Å². The van der Waals surface area contributed by atoms with E-state index in [0.717, 1.165) is 0 Å². The van der Waals surface area contributed by atoms with E-state index in [1.54, 1.807) is 0 Å². The highest BCUT2D eigenvalue weighted by Gasteiger charge is 2.46. The largest absolute Gasteiger partial charge is 0.507 e. The number of hydrogen-bond donors (Lipinski definition) is 4. The van der Waals surface area contributed by atoms with Crippen LogP contribution in [0, 0.1) is 0 Å². The number of rotatable bonds is 3. The molecule has 1 unspecified atom stereocenters. The van der Waals surface area contributed by atoms with Crippen molar-refractivity contribution in [3.8, 4) is 11.5 Å². The van der Waals surface area contributed by atoms with Gasteiger partial charge in [-0.15, -0.1) is 0 Å². The molecular formula is C14H18O6. The summed E-state index contributed by atoms with van der Waals surface area (Å²) in [5.74, 6) is -0.495. The lowest BCUT2D eigenvalue weighted by Crippen LogP contribution is -2.45. The number of carbonyl (C=O) groups is 1. The Morgan fingerprint density at radius 1 is 1.50 bits per heavy atom. The first-order chi connectivity index (χ1) is 9.28. The Hall–Kier alpha value is -1.63. The van der Waals surface area contributed by atoms with Crippen LogP contribution in [0.2, 0.25) is 0 Å². The summed E-state index contributed by atoms with van der Waals surface area (Å²) in [5, 5.41) is 40.0. The van der Waals surface area contributed by atoms with E-state index in [1.165, 1.54) is 26.2 Å². The van der Waals surface area contributed by atoms with Gasteiger partial charge < -0.3 is 25.2 Å². The third-order valence-electron chi connectivity index (χ3n) is 3.56. The van der Waals surface area contributed by atoms with Gasteiger partial charge in [-0.05, 0) is 13.0 Å². The van der Waals surface area contributed by atoms with E-state index >= 15 is 0 Å². The Labute approximate surface area is 116 Å². The van der Waals surface area contributed by atoms with E-state index in [-0.39, 0.29) is 35.5 Å². The van der Waals surface area contributed by atoms with E-state index in [4.69, 9.17) is 4.74 Å². The molecule has 6 heteroatoms. The minimum atomic E-state index is -1.75. The first-order valence-corrected chi connectivity index (χ1v) is 6.31. The summed E-state index contributed by atoms with van der Waals surface area (Å²) in [7, 11) is 1.39. The summed E-state index contributed by atoms with van der Waals surface area (Å²) >= 11 is 0. The fourth-order valence-corrected chi connectivity index (χ4v) is 2.71. The number of aromatic hydroxyl groups is 1. The monoisotopic (exact) mass is 282 g/mol. The molecule has 0 spiro atoms. The number of ketones is 1. The number of benzene rings is 1. The molecule has 6 nitrogen and oxygen atoms in total. The molecule has 0 saturated heterocycles. The van der Waals surface area contributed by atoms with Crippen LogP contribution in [0.1, 0.15) is 41.8 Å². The van der Waals surface area contributed by atoms with Crippen molar-refractivity contribution in [1.29, 1.82) is 0 Å². The van der Waals surface area contributed by atoms with Crippen molar-refractivity contribution in [2.24, 2.45) is 0 Å². The van der Waals surface area contributed by atoms with Gasteiger partial charge in [-0.3, -0.25) is 4.79 Å². The number of fused-ring (bicyclic) bond motifs is 1. The Morgan fingerprint density at radius 3 is 2.70 bits per heavy atom. The lowest BCUT2D eigenvalue weighted by atomic mass is 9.74. The third-order valence-corrected chi connectivity index (χ3v) is 3.56. The zero-order valence-electron chi connectivity index (χ0n) is 11.3. The minimum absolute atomic E-state index is 0.00596. The summed E-state index contributed by atoms with van der Waals surface area (Å²) < 4.78 is 4.98. The maximum Gasteiger partial charge on any atom is 0.169 e. The first-order valence-electron chi connectivity index (χ1n) is 6.31. The molecule has 2 rings (SSSR count). The van der Waals surface area contributed by atoms with Crippen molar-refractivity contribution in [3.63, 3.8) is 0 Å². The number of phenolic OH excluding ortho intramolecular Hbond substituents is 1. The van der Waals surface area contributed by atoms with E-state index in [2.05, 4.69) is 0 Å². The molecule has 1 aromatic carbocycles. The highest BCUT2D eigenvalue weighted by Crippen LogP contribution is 2.44. The van der Waals surface area contributed by atoms with Crippen LogP contribution in [0.25, 0.3) is 0 Å². The average molecular weight is 282 g/mol. The number of carbonyl (C=O) groups excluding carboxylic acids is 1. The maximum atomic E-state index is 12.1. The molecule has 1 aliphatic rings. The molecular weight excluding hydrogens is 264 g/mol. The second-order valence-electron chi connectivity index (χ2n) is 5.27. The fraction of sp³-hybridized carbons (Fsp3) is 0.500. The number of Topliss-reactive ketones (excluding diaryl/α,β-unsaturated/α-hetero) is 1. The van der Waals surface area contributed by atoms with E-state index in [1.807, 2.05) is 0 Å². The molecule has 1 aromatic rings. The number of phenols is 1. The molecule has 1 aliphatic carbocycles. The number of aliphatic hydroxyl groups is 3. The fourth-order valence-electron chi connectivity index (χ4n) is 2.71. The van der Waals surface area contributed by atoms with E-state index < -0.39 is 23.6 Å². The number of methoxy groups -OCH3 is 1. The van der Waals surface area contributed by atoms with Gasteiger partial charge in [-0.25, -0.2) is 0 Å². The predicted molar refractivity (Wildman–Crippen MR) is 69.8 cm³/mol. The summed E-state index contributed by atoms with van der Waals surface area (Å²) in [6, 6.07) is 2.69. The van der Waals surface area contributed by atoms with Crippen LogP contribution in [-0.2, 0) is 0 Å². The minimum Gasteiger partial charge on any atom is -0.507 e. The van der Waals surface area contributed by atoms with Gasteiger partial charge in [0.25, 0.3) is 0 Å². The summed E-state index contributed by atoms with van der Waals surface area (Å²) in [5.41, 5.74) is -1.65. The summed E-state index contributed by atoms with van der Waals surface area (Å²) in [6.45, 7) is 1.47. The first kappa shape index (κ1) is 14.8. The molecule has 3 atom stereocenters. The molecule has 4 N–H and O–H groups in total. The van der Waals surface area contributed by atoms with Crippen molar-refractivity contribution in [1.82, 2.24) is 0 Å². The molecule has 0 heterocycles. The van der Waals surface area contributed by atoms with Gasteiger partial charge in [0.1, 0.15) is 23.2 Å². The highest BCUT2D eigenvalue weighted by molar-refractivity contribution is 6.02. The second-order valence-corrected chi connectivity index (χ2v) is 5.27. The van der Waals surface area contributed by atoms with Crippen molar-refractivity contribution < 1.29 is 30.0 Å². The number of ether oxygens (including phenoxy) is 1. The van der Waals surface area contributed by atoms with Gasteiger partial charge in [0.15, 0.2) is 5.78 Å². The van der Waals surface area contributed by atoms with Crippen molar-refractivity contribution in [2.75, 3.05) is 7.11 Å². The van der Waals surface area contributed by atoms with Crippen LogP contribution >= 0.6 is 0 Å². The Kier molecular flexibility index (Phi) is 3.73. The lowest BCUT2D eigenvalue weighted by Gasteiger charge is -2.38. The highest BCUT2D eigenvalue weighted by atomic mass is 16.5. The smallest absolute Gasteiger partial charge is 0.169 e. The molecule has 0 amide bonds. The molecule has 0 bridgehead atoms. The molecule has 0 aromatic heterocycles. The predicted octanol–water partition coefficient (Wildman–Crippen LogP) is 0.523. The standard InChI is InChI=1S/C14H18O6/c1-7(15)5-14(19)6-11(17)12-9(13(14)18)3-8(20-2)4-10(12)16/h3-4,7,13,15-16,18-19H,5-6H2,1-2H3/t7?,13-,14-/m0/s1. The maximum absolute atomic E-state index is 12.1. The number of hydrogen-bond acceptors (Lipinski definition) is 6. The van der Waals surface area contributed by atoms with Crippen LogP contribution in [0.4, 0.5) is 0 Å². The van der Waals surface area contributed by atoms with E-state index in [9.17, 15) is 25.2 Å². The summed E-state index contributed by atoms with van der Waals surface area (Å²) in [4.78, 5) is 12.1. The van der Waals surface area contributed by atoms with Crippen LogP contribution < -0.4 is 4.74 Å². The van der Waals surface area contributed by atoms with Crippen LogP contribution in [0.5, 0.6) is 11.5 Å². The van der Waals surface area contributed by atoms with Gasteiger partial charge >= 0.3 is 0 Å². The van der Waals surface area contributed by atoms with Crippen molar-refractivity contribution in [2.45, 2.75) is 37.6 Å². The Balaban J connectivity index is 2.54. The zero-order chi connectivity index (χ0) is 15.1. The van der Waals surface area contributed by atoms with Crippen LogP contribution in [0.3, 0.4) is 0 Å². The van der Waals surface area contributed by atoms with Crippen LogP contribution in [0.15, 0.2) is 12.1 Å². The van der Waals surface area contributed by atoms with E-state index in [0.29, 0.717) is 0 Å². The average Bonchev–Trinajstić information content (AvgIpc) is 2.33. The molecule has 0 fully saturated rings. The van der Waals surface area contributed by atoms with Crippen LogP contribution in [-0.4, -0.2) is 45.0 Å². The molecule has 0 saturated carbocycles. The normalized spacial score (nSPS) is 27.1. The second kappa shape index (κ2) is 5.05. The van der Waals surface area contributed by atoms with Crippen molar-refractivity contribution in [3.05, 3.63) is 23.3 Å². The third kappa shape index (κ3) is 2.37. The lowest BCUT2D eigenvalue weighted by molar-refractivity contribution is -0.102. The van der Waals surface area contributed by atoms with Gasteiger partial charge in [0.05, 0.1) is 18.8 Å². The SMILES string of the molecule is COc1cc(O)c2c(c1)[C@H](O)[C@](O)(CC(C)O)CC2=O. The molecule has 110 valence electrons.